The SMILES string of the molecule is CCC(C)[C@H](N)C(=O)NCc1ccccc1.Cl. The first kappa shape index (κ1) is 15.9. The Labute approximate surface area is 109 Å². The highest BCUT2D eigenvalue weighted by Crippen LogP contribution is 2.05. The number of nitrogens with one attached hydrogen (secondary N) is 1. The molecular weight excluding hydrogens is 236 g/mol. The Balaban J connectivity index is 0.00000256. The van der Waals surface area contributed by atoms with Crippen molar-refractivity contribution in [1.29, 1.82) is 0 Å². The highest BCUT2D eigenvalue weighted by Gasteiger charge is 2.18. The van der Waals surface area contributed by atoms with Gasteiger partial charge >= 0.3 is 0 Å². The van der Waals surface area contributed by atoms with E-state index in [0.717, 1.165) is 12.0 Å². The van der Waals surface area contributed by atoms with Crippen molar-refractivity contribution in [2.45, 2.75) is 32.9 Å². The fraction of sp³-hybridized carbons (Fsp3) is 0.462. The van der Waals surface area contributed by atoms with E-state index in [1.807, 2.05) is 44.2 Å². The van der Waals surface area contributed by atoms with Crippen LogP contribution in [0.3, 0.4) is 0 Å². The van der Waals surface area contributed by atoms with Crippen LogP contribution in [0.5, 0.6) is 0 Å². The van der Waals surface area contributed by atoms with E-state index in [0.29, 0.717) is 6.54 Å². The van der Waals surface area contributed by atoms with Gasteiger partial charge in [0, 0.05) is 6.54 Å². The number of halogens is 1. The largest absolute Gasteiger partial charge is 0.351 e. The lowest BCUT2D eigenvalue weighted by atomic mass is 9.99. The van der Waals surface area contributed by atoms with E-state index in [9.17, 15) is 4.79 Å². The molecule has 17 heavy (non-hydrogen) atoms. The molecule has 2 atom stereocenters. The van der Waals surface area contributed by atoms with Crippen molar-refractivity contribution < 1.29 is 4.79 Å². The van der Waals surface area contributed by atoms with Crippen LogP contribution in [-0.2, 0) is 11.3 Å². The smallest absolute Gasteiger partial charge is 0.237 e. The number of nitrogens with two attached hydrogens (primary N) is 1. The van der Waals surface area contributed by atoms with E-state index in [1.165, 1.54) is 0 Å². The van der Waals surface area contributed by atoms with Gasteiger partial charge in [-0.15, -0.1) is 12.4 Å². The molecule has 96 valence electrons. The molecule has 1 aromatic carbocycles. The lowest BCUT2D eigenvalue weighted by Crippen LogP contribution is -2.44. The van der Waals surface area contributed by atoms with Crippen molar-refractivity contribution in [3.8, 4) is 0 Å². The zero-order chi connectivity index (χ0) is 12.0. The molecule has 1 amide bonds. The first-order valence-corrected chi connectivity index (χ1v) is 5.72. The fourth-order valence-corrected chi connectivity index (χ4v) is 1.42. The van der Waals surface area contributed by atoms with Crippen LogP contribution in [0.1, 0.15) is 25.8 Å². The minimum Gasteiger partial charge on any atom is -0.351 e. The lowest BCUT2D eigenvalue weighted by molar-refractivity contribution is -0.123. The van der Waals surface area contributed by atoms with Crippen LogP contribution < -0.4 is 11.1 Å². The van der Waals surface area contributed by atoms with Crippen LogP contribution in [0.4, 0.5) is 0 Å². The molecule has 0 radical (unpaired) electrons. The second kappa shape index (κ2) is 8.09. The predicted molar refractivity (Wildman–Crippen MR) is 73.0 cm³/mol. The van der Waals surface area contributed by atoms with Gasteiger partial charge in [-0.25, -0.2) is 0 Å². The summed E-state index contributed by atoms with van der Waals surface area (Å²) in [7, 11) is 0. The number of carbonyl (C=O) groups excluding carboxylic acids is 1. The molecule has 0 aromatic heterocycles. The molecular formula is C13H21ClN2O. The summed E-state index contributed by atoms with van der Waals surface area (Å²) >= 11 is 0. The van der Waals surface area contributed by atoms with Gasteiger partial charge in [0.15, 0.2) is 0 Å². The number of rotatable bonds is 5. The highest BCUT2D eigenvalue weighted by molar-refractivity contribution is 5.85. The number of hydrogen-bond acceptors (Lipinski definition) is 2. The zero-order valence-electron chi connectivity index (χ0n) is 10.3. The average molecular weight is 257 g/mol. The zero-order valence-corrected chi connectivity index (χ0v) is 11.2. The lowest BCUT2D eigenvalue weighted by Gasteiger charge is -2.17. The molecule has 0 spiro atoms. The summed E-state index contributed by atoms with van der Waals surface area (Å²) in [5.41, 5.74) is 6.91. The molecule has 4 heteroatoms. The van der Waals surface area contributed by atoms with Crippen LogP contribution in [0.25, 0.3) is 0 Å². The van der Waals surface area contributed by atoms with Gasteiger partial charge in [0.2, 0.25) is 5.91 Å². The van der Waals surface area contributed by atoms with E-state index in [4.69, 9.17) is 5.73 Å². The van der Waals surface area contributed by atoms with Gasteiger partial charge < -0.3 is 11.1 Å². The molecule has 1 rings (SSSR count). The third-order valence-corrected chi connectivity index (χ3v) is 2.87. The molecule has 1 unspecified atom stereocenters. The van der Waals surface area contributed by atoms with Crippen LogP contribution in [0.2, 0.25) is 0 Å². The molecule has 0 fully saturated rings. The normalized spacial score (nSPS) is 13.4. The third-order valence-electron chi connectivity index (χ3n) is 2.87. The van der Waals surface area contributed by atoms with Gasteiger partial charge in [-0.2, -0.15) is 0 Å². The van der Waals surface area contributed by atoms with Crippen molar-refractivity contribution in [3.05, 3.63) is 35.9 Å². The van der Waals surface area contributed by atoms with Crippen molar-refractivity contribution in [3.63, 3.8) is 0 Å². The summed E-state index contributed by atoms with van der Waals surface area (Å²) in [6.07, 6.45) is 0.917. The number of benzene rings is 1. The second-order valence-electron chi connectivity index (χ2n) is 4.11. The molecule has 1 aromatic rings. The van der Waals surface area contributed by atoms with E-state index in [1.54, 1.807) is 0 Å². The van der Waals surface area contributed by atoms with Crippen molar-refractivity contribution in [1.82, 2.24) is 5.32 Å². The Kier molecular flexibility index (Phi) is 7.59. The maximum atomic E-state index is 11.7. The van der Waals surface area contributed by atoms with Gasteiger partial charge in [-0.1, -0.05) is 50.6 Å². The van der Waals surface area contributed by atoms with Crippen LogP contribution in [0.15, 0.2) is 30.3 Å². The van der Waals surface area contributed by atoms with Crippen LogP contribution >= 0.6 is 12.4 Å². The summed E-state index contributed by atoms with van der Waals surface area (Å²) < 4.78 is 0. The van der Waals surface area contributed by atoms with Gasteiger partial charge in [0.05, 0.1) is 6.04 Å². The minimum absolute atomic E-state index is 0. The van der Waals surface area contributed by atoms with E-state index in [2.05, 4.69) is 5.32 Å². The minimum atomic E-state index is -0.409. The Morgan fingerprint density at radius 2 is 1.94 bits per heavy atom. The summed E-state index contributed by atoms with van der Waals surface area (Å²) in [5, 5.41) is 2.85. The molecule has 0 saturated heterocycles. The number of hydrogen-bond donors (Lipinski definition) is 2. The fourth-order valence-electron chi connectivity index (χ4n) is 1.42. The van der Waals surface area contributed by atoms with Crippen molar-refractivity contribution in [2.75, 3.05) is 0 Å². The molecule has 0 aliphatic heterocycles. The standard InChI is InChI=1S/C13H20N2O.ClH/c1-3-10(2)12(14)13(16)15-9-11-7-5-4-6-8-11;/h4-8,10,12H,3,9,14H2,1-2H3,(H,15,16);1H/t10?,12-;/m0./s1. The average Bonchev–Trinajstić information content (AvgIpc) is 2.35. The number of amides is 1. The summed E-state index contributed by atoms with van der Waals surface area (Å²) in [4.78, 5) is 11.7. The third kappa shape index (κ3) is 5.20. The van der Waals surface area contributed by atoms with Crippen LogP contribution in [0, 0.1) is 5.92 Å². The second-order valence-corrected chi connectivity index (χ2v) is 4.11. The highest BCUT2D eigenvalue weighted by atomic mass is 35.5. The molecule has 0 aliphatic rings. The maximum absolute atomic E-state index is 11.7. The van der Waals surface area contributed by atoms with Crippen molar-refractivity contribution >= 4 is 18.3 Å². The van der Waals surface area contributed by atoms with Gasteiger partial charge in [-0.3, -0.25) is 4.79 Å². The van der Waals surface area contributed by atoms with E-state index >= 15 is 0 Å². The Hall–Kier alpha value is -1.06. The molecule has 0 bridgehead atoms. The van der Waals surface area contributed by atoms with Gasteiger partial charge in [0.1, 0.15) is 0 Å². The molecule has 0 heterocycles. The first-order valence-electron chi connectivity index (χ1n) is 5.72. The molecule has 0 saturated carbocycles. The first-order chi connectivity index (χ1) is 7.65. The van der Waals surface area contributed by atoms with Gasteiger partial charge in [0.25, 0.3) is 0 Å². The van der Waals surface area contributed by atoms with E-state index < -0.39 is 6.04 Å². The van der Waals surface area contributed by atoms with Crippen molar-refractivity contribution in [2.24, 2.45) is 11.7 Å². The van der Waals surface area contributed by atoms with E-state index in [-0.39, 0.29) is 24.2 Å². The summed E-state index contributed by atoms with van der Waals surface area (Å²) in [6.45, 7) is 4.57. The quantitative estimate of drug-likeness (QED) is 0.848. The Bertz CT molecular complexity index is 329. The van der Waals surface area contributed by atoms with Gasteiger partial charge in [-0.05, 0) is 11.5 Å². The predicted octanol–water partition coefficient (Wildman–Crippen LogP) is 2.10. The Morgan fingerprint density at radius 1 is 1.35 bits per heavy atom. The molecule has 0 aliphatic carbocycles. The number of carbonyl (C=O) groups is 1. The molecule has 3 N–H and O–H groups in total. The monoisotopic (exact) mass is 256 g/mol. The molecule has 3 nitrogen and oxygen atoms in total. The maximum Gasteiger partial charge on any atom is 0.237 e. The van der Waals surface area contributed by atoms with Crippen LogP contribution in [-0.4, -0.2) is 11.9 Å². The Morgan fingerprint density at radius 3 is 2.47 bits per heavy atom. The summed E-state index contributed by atoms with van der Waals surface area (Å²) in [6, 6.07) is 9.42. The topological polar surface area (TPSA) is 55.1 Å². The summed E-state index contributed by atoms with van der Waals surface area (Å²) in [5.74, 6) is 0.147.